The van der Waals surface area contributed by atoms with Crippen LogP contribution in [0.2, 0.25) is 0 Å². The number of ether oxygens (including phenoxy) is 3. The fraction of sp³-hybridized carbons (Fsp3) is 0.176. The molecule has 45 heavy (non-hydrogen) atoms. The Balaban J connectivity index is 1.58. The molecule has 1 N–H and O–H groups in total. The second-order valence-electron chi connectivity index (χ2n) is 10.1. The van der Waals surface area contributed by atoms with Crippen LogP contribution in [-0.4, -0.2) is 56.3 Å². The number of hydrogen-bond acceptors (Lipinski definition) is 7. The maximum atomic E-state index is 15.0. The van der Waals surface area contributed by atoms with E-state index in [2.05, 4.69) is 5.32 Å². The van der Waals surface area contributed by atoms with Crippen molar-refractivity contribution in [1.82, 2.24) is 4.90 Å². The van der Waals surface area contributed by atoms with Gasteiger partial charge in [0.25, 0.3) is 17.6 Å². The maximum Gasteiger partial charge on any atom is 0.299 e. The number of nitrogens with one attached hydrogen (secondary N) is 1. The average molecular weight is 612 g/mol. The van der Waals surface area contributed by atoms with Gasteiger partial charge in [0.05, 0.1) is 38.3 Å². The number of halogens is 1. The smallest absolute Gasteiger partial charge is 0.299 e. The number of rotatable bonds is 11. The first-order valence-electron chi connectivity index (χ1n) is 13.9. The molecule has 1 unspecified atom stereocenters. The second-order valence-corrected chi connectivity index (χ2v) is 10.1. The minimum Gasteiger partial charge on any atom is -0.497 e. The lowest BCUT2D eigenvalue weighted by Gasteiger charge is -2.33. The van der Waals surface area contributed by atoms with E-state index in [0.29, 0.717) is 28.5 Å². The first-order valence-corrected chi connectivity index (χ1v) is 13.9. The number of fused-ring (bicyclic) bond motifs is 1. The van der Waals surface area contributed by atoms with Crippen molar-refractivity contribution in [3.63, 3.8) is 0 Å². The summed E-state index contributed by atoms with van der Waals surface area (Å²) in [5, 5.41) is 2.83. The molecular formula is C34H30FN3O7. The van der Waals surface area contributed by atoms with E-state index in [1.807, 2.05) is 0 Å². The largest absolute Gasteiger partial charge is 0.497 e. The average Bonchev–Trinajstić information content (AvgIpc) is 3.30. The molecule has 0 saturated carbocycles. The number of methoxy groups -OCH3 is 3. The summed E-state index contributed by atoms with van der Waals surface area (Å²) in [5.41, 5.74) is 1.28. The Hall–Kier alpha value is -5.71. The van der Waals surface area contributed by atoms with Crippen molar-refractivity contribution < 1.29 is 37.8 Å². The standard InChI is InChI=1S/C34H30FN3O7/c1-43-23-14-12-21(13-15-23)31(33(41)36-27-17-16-24(44-2)18-29(27)45-3)38(19-22-8-4-6-10-26(22)35)30(39)20-37-28-11-7-5-9-25(28)32(40)34(37)42/h4-18,31H,19-20H2,1-3H3,(H,36,41). The molecule has 10 nitrogen and oxygen atoms in total. The number of carbonyl (C=O) groups excluding carboxylic acids is 4. The van der Waals surface area contributed by atoms with E-state index in [4.69, 9.17) is 14.2 Å². The van der Waals surface area contributed by atoms with E-state index < -0.39 is 41.9 Å². The number of carbonyl (C=O) groups is 4. The van der Waals surface area contributed by atoms with E-state index in [-0.39, 0.29) is 23.4 Å². The van der Waals surface area contributed by atoms with E-state index >= 15 is 4.39 Å². The molecule has 1 atom stereocenters. The molecule has 230 valence electrons. The van der Waals surface area contributed by atoms with Crippen molar-refractivity contribution in [3.05, 3.63) is 114 Å². The minimum absolute atomic E-state index is 0.142. The Bertz CT molecular complexity index is 1760. The first kappa shape index (κ1) is 30.7. The molecule has 0 fully saturated rings. The Morgan fingerprint density at radius 1 is 0.844 bits per heavy atom. The summed E-state index contributed by atoms with van der Waals surface area (Å²) in [5.74, 6) is -2.22. The zero-order valence-electron chi connectivity index (χ0n) is 24.8. The van der Waals surface area contributed by atoms with Crippen LogP contribution in [0.5, 0.6) is 17.2 Å². The van der Waals surface area contributed by atoms with E-state index in [9.17, 15) is 19.2 Å². The Morgan fingerprint density at radius 2 is 1.51 bits per heavy atom. The van der Waals surface area contributed by atoms with Gasteiger partial charge in [-0.25, -0.2) is 4.39 Å². The van der Waals surface area contributed by atoms with Crippen molar-refractivity contribution in [2.24, 2.45) is 0 Å². The zero-order valence-corrected chi connectivity index (χ0v) is 24.8. The zero-order chi connectivity index (χ0) is 32.1. The highest BCUT2D eigenvalue weighted by Gasteiger charge is 2.39. The van der Waals surface area contributed by atoms with Crippen molar-refractivity contribution >= 4 is 34.9 Å². The molecule has 1 heterocycles. The van der Waals surface area contributed by atoms with Crippen LogP contribution in [0.4, 0.5) is 15.8 Å². The van der Waals surface area contributed by atoms with Crippen LogP contribution in [-0.2, 0) is 20.9 Å². The lowest BCUT2D eigenvalue weighted by atomic mass is 10.0. The molecule has 0 saturated heterocycles. The van der Waals surface area contributed by atoms with Crippen LogP contribution in [0.15, 0.2) is 91.0 Å². The SMILES string of the molecule is COc1ccc(C(C(=O)Nc2ccc(OC)cc2OC)N(Cc2ccccc2F)C(=O)CN2C(=O)C(=O)c3ccccc32)cc1. The summed E-state index contributed by atoms with van der Waals surface area (Å²) < 4.78 is 31.0. The number of ketones is 1. The third-order valence-corrected chi connectivity index (χ3v) is 7.45. The van der Waals surface area contributed by atoms with Crippen molar-refractivity contribution in [2.45, 2.75) is 12.6 Å². The van der Waals surface area contributed by atoms with Gasteiger partial charge in [-0.05, 0) is 48.0 Å². The van der Waals surface area contributed by atoms with Crippen molar-refractivity contribution in [2.75, 3.05) is 38.1 Å². The highest BCUT2D eigenvalue weighted by atomic mass is 19.1. The van der Waals surface area contributed by atoms with Gasteiger partial charge in [0.15, 0.2) is 0 Å². The predicted molar refractivity (Wildman–Crippen MR) is 164 cm³/mol. The summed E-state index contributed by atoms with van der Waals surface area (Å²) in [6, 6.07) is 22.2. The number of hydrogen-bond donors (Lipinski definition) is 1. The molecule has 0 spiro atoms. The lowest BCUT2D eigenvalue weighted by Crippen LogP contribution is -2.46. The fourth-order valence-corrected chi connectivity index (χ4v) is 5.13. The number of Topliss-reactive ketones (excluding diaryl/α,β-unsaturated/α-hetero) is 1. The predicted octanol–water partition coefficient (Wildman–Crippen LogP) is 4.79. The van der Waals surface area contributed by atoms with Crippen molar-refractivity contribution in [1.29, 1.82) is 0 Å². The molecule has 0 aliphatic carbocycles. The molecule has 4 aromatic carbocycles. The molecule has 0 radical (unpaired) electrons. The van der Waals surface area contributed by atoms with Crippen LogP contribution < -0.4 is 24.4 Å². The quantitative estimate of drug-likeness (QED) is 0.243. The van der Waals surface area contributed by atoms with Crippen LogP contribution in [0.1, 0.15) is 27.5 Å². The van der Waals surface area contributed by atoms with Crippen LogP contribution in [0.25, 0.3) is 0 Å². The molecule has 5 rings (SSSR count). The molecule has 1 aliphatic rings. The molecular weight excluding hydrogens is 581 g/mol. The highest BCUT2D eigenvalue weighted by Crippen LogP contribution is 2.34. The molecule has 3 amide bonds. The topological polar surface area (TPSA) is 114 Å². The third kappa shape index (κ3) is 6.32. The molecule has 1 aliphatic heterocycles. The van der Waals surface area contributed by atoms with Gasteiger partial charge in [-0.2, -0.15) is 0 Å². The minimum atomic E-state index is -1.32. The molecule has 4 aromatic rings. The van der Waals surface area contributed by atoms with Gasteiger partial charge >= 0.3 is 0 Å². The number of anilines is 2. The van der Waals surface area contributed by atoms with E-state index in [0.717, 1.165) is 4.90 Å². The number of amides is 3. The summed E-state index contributed by atoms with van der Waals surface area (Å²) in [4.78, 5) is 56.3. The normalized spacial score (nSPS) is 12.8. The van der Waals surface area contributed by atoms with Gasteiger partial charge in [-0.1, -0.05) is 42.5 Å². The van der Waals surface area contributed by atoms with Crippen LogP contribution in [0.3, 0.4) is 0 Å². The summed E-state index contributed by atoms with van der Waals surface area (Å²) >= 11 is 0. The lowest BCUT2D eigenvalue weighted by molar-refractivity contribution is -0.139. The molecule has 0 aromatic heterocycles. The maximum absolute atomic E-state index is 15.0. The van der Waals surface area contributed by atoms with Gasteiger partial charge in [0.2, 0.25) is 5.91 Å². The van der Waals surface area contributed by atoms with E-state index in [1.54, 1.807) is 66.7 Å². The van der Waals surface area contributed by atoms with Crippen LogP contribution in [0, 0.1) is 5.82 Å². The fourth-order valence-electron chi connectivity index (χ4n) is 5.13. The van der Waals surface area contributed by atoms with Gasteiger partial charge in [0, 0.05) is 18.2 Å². The van der Waals surface area contributed by atoms with Gasteiger partial charge in [0.1, 0.15) is 35.7 Å². The Kier molecular flexibility index (Phi) is 9.08. The van der Waals surface area contributed by atoms with E-state index in [1.165, 1.54) is 50.5 Å². The number of benzene rings is 4. The monoisotopic (exact) mass is 611 g/mol. The van der Waals surface area contributed by atoms with Gasteiger partial charge in [-0.3, -0.25) is 24.1 Å². The second kappa shape index (κ2) is 13.3. The van der Waals surface area contributed by atoms with Gasteiger partial charge in [-0.15, -0.1) is 0 Å². The van der Waals surface area contributed by atoms with Gasteiger partial charge < -0.3 is 24.4 Å². The Morgan fingerprint density at radius 3 is 2.20 bits per heavy atom. The molecule has 0 bridgehead atoms. The number of para-hydroxylation sites is 1. The summed E-state index contributed by atoms with van der Waals surface area (Å²) in [6.45, 7) is -0.894. The van der Waals surface area contributed by atoms with Crippen molar-refractivity contribution in [3.8, 4) is 17.2 Å². The number of nitrogens with zero attached hydrogens (tertiary/aromatic N) is 2. The highest BCUT2D eigenvalue weighted by molar-refractivity contribution is 6.52. The summed E-state index contributed by atoms with van der Waals surface area (Å²) in [6.07, 6.45) is 0. The summed E-state index contributed by atoms with van der Waals surface area (Å²) in [7, 11) is 4.43. The Labute approximate surface area is 258 Å². The van der Waals surface area contributed by atoms with Crippen LogP contribution >= 0.6 is 0 Å². The third-order valence-electron chi connectivity index (χ3n) is 7.45. The molecule has 11 heteroatoms. The first-order chi connectivity index (χ1) is 21.7.